The molecule has 1 aliphatic heterocycles. The summed E-state index contributed by atoms with van der Waals surface area (Å²) in [5, 5.41) is 13.3. The molecule has 1 aromatic heterocycles. The smallest absolute Gasteiger partial charge is 0.359 e. The van der Waals surface area contributed by atoms with Crippen LogP contribution in [0.15, 0.2) is 85.1 Å². The number of hydrogen-bond donors (Lipinski definition) is 2. The molecule has 0 bridgehead atoms. The van der Waals surface area contributed by atoms with Gasteiger partial charge in [0.05, 0.1) is 0 Å². The van der Waals surface area contributed by atoms with E-state index in [1.807, 2.05) is 42.6 Å². The second-order valence-electron chi connectivity index (χ2n) is 16.3. The minimum atomic E-state index is -0.445. The number of ketones is 1. The highest BCUT2D eigenvalue weighted by Gasteiger charge is 2.41. The summed E-state index contributed by atoms with van der Waals surface area (Å²) in [4.78, 5) is 32.0. The molecule has 3 aromatic carbocycles. The van der Waals surface area contributed by atoms with Crippen molar-refractivity contribution in [3.8, 4) is 17.0 Å². The molecular weight excluding hydrogens is 655 g/mol. The first-order chi connectivity index (χ1) is 25.6. The van der Waals surface area contributed by atoms with Gasteiger partial charge in [-0.1, -0.05) is 165 Å². The topological polar surface area (TPSA) is 83.2 Å². The molecule has 0 amide bonds. The molecule has 4 aromatic rings. The minimum absolute atomic E-state index is 0.0203. The number of nitrogens with one attached hydrogen (secondary N) is 1. The van der Waals surface area contributed by atoms with E-state index in [0.717, 1.165) is 52.1 Å². The van der Waals surface area contributed by atoms with Crippen LogP contribution in [0.25, 0.3) is 16.8 Å². The van der Waals surface area contributed by atoms with Gasteiger partial charge in [-0.2, -0.15) is 4.57 Å². The van der Waals surface area contributed by atoms with Gasteiger partial charge < -0.3 is 5.11 Å². The van der Waals surface area contributed by atoms with Crippen molar-refractivity contribution in [2.45, 2.75) is 129 Å². The molecule has 6 rings (SSSR count). The summed E-state index contributed by atoms with van der Waals surface area (Å²) in [6, 6.07) is 23.2. The summed E-state index contributed by atoms with van der Waals surface area (Å²) < 4.78 is 1.72. The Morgan fingerprint density at radius 2 is 1.32 bits per heavy atom. The number of phenolic OH excluding ortho intramolecular Hbond substituents is 1. The number of fused-ring (bicyclic) bond motifs is 1. The molecule has 0 radical (unpaired) electrons. The summed E-state index contributed by atoms with van der Waals surface area (Å²) in [6.07, 6.45) is 20.5. The van der Waals surface area contributed by atoms with Crippen molar-refractivity contribution in [2.24, 2.45) is 5.92 Å². The number of carbonyl (C=O) groups excluding carboxylic acids is 2. The van der Waals surface area contributed by atoms with Gasteiger partial charge in [0.25, 0.3) is 0 Å². The molecule has 2 unspecified atom stereocenters. The Morgan fingerprint density at radius 3 is 1.92 bits per heavy atom. The zero-order valence-corrected chi connectivity index (χ0v) is 32.3. The van der Waals surface area contributed by atoms with E-state index < -0.39 is 6.04 Å². The monoisotopic (exact) mass is 712 g/mol. The van der Waals surface area contributed by atoms with Crippen LogP contribution < -0.4 is 9.88 Å². The molecule has 0 saturated heterocycles. The molecule has 2 atom stereocenters. The van der Waals surface area contributed by atoms with Crippen molar-refractivity contribution >= 4 is 23.1 Å². The lowest BCUT2D eigenvalue weighted by atomic mass is 9.78. The van der Waals surface area contributed by atoms with Crippen molar-refractivity contribution in [1.29, 1.82) is 0 Å². The number of anilines is 1. The number of nitrogens with zero attached hydrogens (tertiary/aromatic N) is 2. The van der Waals surface area contributed by atoms with Gasteiger partial charge in [-0.05, 0) is 46.2 Å². The molecule has 0 saturated carbocycles. The first-order valence-electron chi connectivity index (χ1n) is 20.1. The molecule has 0 spiro atoms. The predicted octanol–water partition coefficient (Wildman–Crippen LogP) is 10.6. The van der Waals surface area contributed by atoms with Crippen LogP contribution in [0.5, 0.6) is 5.75 Å². The Morgan fingerprint density at radius 1 is 0.736 bits per heavy atom. The molecule has 2 heterocycles. The van der Waals surface area contributed by atoms with E-state index in [-0.39, 0.29) is 28.8 Å². The SMILES string of the molecule is CCCCCCCCCCCCCC1C=C(c2ccc(CC3Nc4c(Cc5ccc(O)cc5)nc(-c5ccc(C(C)(C)C)cc5)c[n+]4C3=O)cc2)C1=O. The normalized spacial score (nSPS) is 16.6. The number of aromatic hydroxyl groups is 1. The molecule has 0 fully saturated rings. The van der Waals surface area contributed by atoms with Crippen molar-refractivity contribution in [2.75, 3.05) is 5.32 Å². The van der Waals surface area contributed by atoms with Gasteiger partial charge in [0.1, 0.15) is 23.3 Å². The zero-order chi connectivity index (χ0) is 37.4. The van der Waals surface area contributed by atoms with Gasteiger partial charge in [-0.3, -0.25) is 10.1 Å². The number of rotatable bonds is 18. The molecule has 278 valence electrons. The van der Waals surface area contributed by atoms with Crippen LogP contribution in [0.3, 0.4) is 0 Å². The van der Waals surface area contributed by atoms with Crippen LogP contribution in [-0.4, -0.2) is 27.8 Å². The van der Waals surface area contributed by atoms with E-state index in [2.05, 4.69) is 63.4 Å². The van der Waals surface area contributed by atoms with E-state index in [0.29, 0.717) is 18.7 Å². The van der Waals surface area contributed by atoms with Crippen molar-refractivity contribution in [3.63, 3.8) is 0 Å². The first-order valence-corrected chi connectivity index (χ1v) is 20.1. The van der Waals surface area contributed by atoms with Gasteiger partial charge in [0.2, 0.25) is 0 Å². The minimum Gasteiger partial charge on any atom is -0.508 e. The summed E-state index contributed by atoms with van der Waals surface area (Å²) in [5.74, 6) is 1.22. The van der Waals surface area contributed by atoms with Crippen LogP contribution in [0.4, 0.5) is 5.82 Å². The lowest BCUT2D eigenvalue weighted by Gasteiger charge is -2.24. The Labute approximate surface area is 316 Å². The number of benzene rings is 3. The van der Waals surface area contributed by atoms with Gasteiger partial charge in [-0.15, -0.1) is 0 Å². The number of phenols is 1. The number of Topliss-reactive ketones (excluding diaryl/α,β-unsaturated/α-hetero) is 1. The van der Waals surface area contributed by atoms with E-state index in [4.69, 9.17) is 4.98 Å². The molecular formula is C47H58N3O3+. The maximum atomic E-state index is 13.9. The standard InChI is InChI=1S/C47H57N3O3/c1-5-6-7-8-9-10-11-12-13-14-15-16-37-31-40(44(37)52)35-21-17-33(18-22-35)30-42-46(53)50-32-43(36-23-25-38(26-24-36)47(2,3)4)48-41(45(50)49-42)29-34-19-27-39(51)28-20-34/h17-28,31-32,37,42,51H,5-16,29-30H2,1-4H3/p+1. The summed E-state index contributed by atoms with van der Waals surface area (Å²) in [5.41, 5.74) is 7.55. The fraction of sp³-hybridized carbons (Fsp3) is 0.447. The Kier molecular flexibility index (Phi) is 12.6. The second-order valence-corrected chi connectivity index (χ2v) is 16.3. The third-order valence-electron chi connectivity index (χ3n) is 11.0. The maximum absolute atomic E-state index is 13.9. The summed E-state index contributed by atoms with van der Waals surface area (Å²) in [6.45, 7) is 8.85. The summed E-state index contributed by atoms with van der Waals surface area (Å²) >= 11 is 0. The molecule has 53 heavy (non-hydrogen) atoms. The van der Waals surface area contributed by atoms with Crippen molar-refractivity contribution in [1.82, 2.24) is 4.98 Å². The van der Waals surface area contributed by atoms with Gasteiger partial charge in [-0.25, -0.2) is 9.78 Å². The third-order valence-corrected chi connectivity index (χ3v) is 11.0. The fourth-order valence-corrected chi connectivity index (χ4v) is 7.62. The largest absolute Gasteiger partial charge is 0.508 e. The zero-order valence-electron chi connectivity index (χ0n) is 32.3. The average Bonchev–Trinajstić information content (AvgIpc) is 3.46. The highest BCUT2D eigenvalue weighted by Crippen LogP contribution is 2.34. The van der Waals surface area contributed by atoms with Gasteiger partial charge in [0.15, 0.2) is 11.8 Å². The molecule has 6 nitrogen and oxygen atoms in total. The molecule has 2 N–H and O–H groups in total. The highest BCUT2D eigenvalue weighted by atomic mass is 16.3. The van der Waals surface area contributed by atoms with Crippen LogP contribution >= 0.6 is 0 Å². The van der Waals surface area contributed by atoms with Crippen molar-refractivity contribution in [3.05, 3.63) is 113 Å². The van der Waals surface area contributed by atoms with Crippen LogP contribution in [0.1, 0.15) is 137 Å². The number of unbranched alkanes of at least 4 members (excludes halogenated alkanes) is 10. The average molecular weight is 713 g/mol. The van der Waals surface area contributed by atoms with E-state index in [9.17, 15) is 14.7 Å². The summed E-state index contributed by atoms with van der Waals surface area (Å²) in [7, 11) is 0. The lowest BCUT2D eigenvalue weighted by molar-refractivity contribution is -0.552. The maximum Gasteiger partial charge on any atom is 0.359 e. The molecule has 1 aliphatic carbocycles. The number of allylic oxidation sites excluding steroid dienone is 2. The Bertz CT molecular complexity index is 1890. The fourth-order valence-electron chi connectivity index (χ4n) is 7.62. The highest BCUT2D eigenvalue weighted by molar-refractivity contribution is 6.28. The second kappa shape index (κ2) is 17.5. The van der Waals surface area contributed by atoms with Crippen LogP contribution in [0.2, 0.25) is 0 Å². The van der Waals surface area contributed by atoms with E-state index in [1.165, 1.54) is 69.8 Å². The number of hydrogen-bond acceptors (Lipinski definition) is 5. The van der Waals surface area contributed by atoms with E-state index in [1.54, 1.807) is 16.7 Å². The number of carbonyl (C=O) groups is 2. The van der Waals surface area contributed by atoms with Crippen LogP contribution in [-0.2, 0) is 23.1 Å². The molecule has 6 heteroatoms. The van der Waals surface area contributed by atoms with Crippen LogP contribution in [0, 0.1) is 5.92 Å². The van der Waals surface area contributed by atoms with Crippen molar-refractivity contribution < 1.29 is 19.3 Å². The first kappa shape index (κ1) is 38.2. The van der Waals surface area contributed by atoms with Gasteiger partial charge >= 0.3 is 11.7 Å². The third kappa shape index (κ3) is 9.70. The van der Waals surface area contributed by atoms with Gasteiger partial charge in [0, 0.05) is 29.9 Å². The lowest BCUT2D eigenvalue weighted by Crippen LogP contribution is -2.44. The Hall–Kier alpha value is -4.58. The number of aromatic nitrogens is 2. The Balaban J connectivity index is 1.06. The quantitative estimate of drug-likeness (QED) is 0.0793. The van der Waals surface area contributed by atoms with E-state index >= 15 is 0 Å². The molecule has 2 aliphatic rings. The predicted molar refractivity (Wildman–Crippen MR) is 215 cm³/mol.